The molecule has 2 aromatic rings. The predicted octanol–water partition coefficient (Wildman–Crippen LogP) is 4.90. The molecule has 0 aromatic heterocycles. The smallest absolute Gasteiger partial charge is 0.258 e. The Labute approximate surface area is 144 Å². The molecule has 0 saturated carbocycles. The summed E-state index contributed by atoms with van der Waals surface area (Å²) in [7, 11) is 0. The average Bonchev–Trinajstić information content (AvgIpc) is 2.44. The summed E-state index contributed by atoms with van der Waals surface area (Å²) in [4.78, 5) is 11.9. The van der Waals surface area contributed by atoms with Crippen LogP contribution in [0.1, 0.15) is 18.5 Å². The van der Waals surface area contributed by atoms with E-state index in [-0.39, 0.29) is 18.6 Å². The van der Waals surface area contributed by atoms with Gasteiger partial charge in [0.1, 0.15) is 5.75 Å². The highest BCUT2D eigenvalue weighted by atomic mass is 35.5. The highest BCUT2D eigenvalue weighted by Gasteiger charge is 2.11. The van der Waals surface area contributed by atoms with E-state index in [1.165, 1.54) is 0 Å². The maximum absolute atomic E-state index is 11.9. The molecule has 0 unspecified atom stereocenters. The van der Waals surface area contributed by atoms with Crippen LogP contribution in [-0.2, 0) is 4.79 Å². The van der Waals surface area contributed by atoms with E-state index in [1.54, 1.807) is 24.3 Å². The number of benzene rings is 2. The van der Waals surface area contributed by atoms with Crippen molar-refractivity contribution < 1.29 is 9.53 Å². The van der Waals surface area contributed by atoms with Gasteiger partial charge in [-0.25, -0.2) is 0 Å². The summed E-state index contributed by atoms with van der Waals surface area (Å²) in [5, 5.41) is 4.37. The zero-order valence-electron chi connectivity index (χ0n) is 11.8. The Morgan fingerprint density at radius 1 is 1.09 bits per heavy atom. The van der Waals surface area contributed by atoms with Crippen LogP contribution in [0.25, 0.3) is 0 Å². The van der Waals surface area contributed by atoms with E-state index in [4.69, 9.17) is 39.5 Å². The summed E-state index contributed by atoms with van der Waals surface area (Å²) in [6.45, 7) is 1.75. The number of hydrogen-bond donors (Lipinski definition) is 1. The predicted molar refractivity (Wildman–Crippen MR) is 90.0 cm³/mol. The maximum Gasteiger partial charge on any atom is 0.258 e. The first-order valence-corrected chi connectivity index (χ1v) is 7.71. The molecule has 0 spiro atoms. The largest absolute Gasteiger partial charge is 0.484 e. The monoisotopic (exact) mass is 357 g/mol. The molecule has 22 heavy (non-hydrogen) atoms. The van der Waals surface area contributed by atoms with Gasteiger partial charge in [0.2, 0.25) is 0 Å². The van der Waals surface area contributed by atoms with E-state index in [0.29, 0.717) is 20.8 Å². The van der Waals surface area contributed by atoms with Crippen LogP contribution in [0, 0.1) is 0 Å². The van der Waals surface area contributed by atoms with Crippen molar-refractivity contribution in [3.05, 3.63) is 63.1 Å². The van der Waals surface area contributed by atoms with Crippen LogP contribution in [0.5, 0.6) is 5.75 Å². The maximum atomic E-state index is 11.9. The first kappa shape index (κ1) is 16.9. The molecular weight excluding hydrogens is 345 g/mol. The Morgan fingerprint density at radius 2 is 1.77 bits per heavy atom. The molecule has 1 N–H and O–H groups in total. The fourth-order valence-corrected chi connectivity index (χ4v) is 2.61. The third-order valence-corrected chi connectivity index (χ3v) is 3.60. The van der Waals surface area contributed by atoms with Gasteiger partial charge >= 0.3 is 0 Å². The molecule has 0 radical (unpaired) electrons. The zero-order chi connectivity index (χ0) is 16.1. The molecule has 6 heteroatoms. The summed E-state index contributed by atoms with van der Waals surface area (Å²) >= 11 is 17.7. The van der Waals surface area contributed by atoms with Crippen molar-refractivity contribution in [2.24, 2.45) is 0 Å². The molecule has 1 amide bonds. The number of carbonyl (C=O) groups excluding carboxylic acids is 1. The lowest BCUT2D eigenvalue weighted by molar-refractivity contribution is -0.123. The molecular formula is C16H14Cl3NO2. The van der Waals surface area contributed by atoms with Gasteiger partial charge in [-0.3, -0.25) is 4.79 Å². The summed E-state index contributed by atoms with van der Waals surface area (Å²) in [5.74, 6) is 0.201. The van der Waals surface area contributed by atoms with Gasteiger partial charge in [-0.1, -0.05) is 46.9 Å². The summed E-state index contributed by atoms with van der Waals surface area (Å²) < 4.78 is 5.38. The van der Waals surface area contributed by atoms with Crippen LogP contribution in [0.2, 0.25) is 15.1 Å². The van der Waals surface area contributed by atoms with Crippen molar-refractivity contribution in [3.63, 3.8) is 0 Å². The number of nitrogens with one attached hydrogen (secondary N) is 1. The van der Waals surface area contributed by atoms with Crippen LogP contribution < -0.4 is 10.1 Å². The van der Waals surface area contributed by atoms with E-state index in [1.807, 2.05) is 25.1 Å². The standard InChI is InChI=1S/C16H14Cl3NO2/c1-10(11-3-2-4-12(17)5-11)20-16(21)9-22-15-7-13(18)6-14(19)8-15/h2-8,10H,9H2,1H3,(H,20,21)/t10-/m0/s1. The molecule has 0 heterocycles. The fourth-order valence-electron chi connectivity index (χ4n) is 1.90. The lowest BCUT2D eigenvalue weighted by atomic mass is 10.1. The van der Waals surface area contributed by atoms with Gasteiger partial charge in [0.15, 0.2) is 6.61 Å². The van der Waals surface area contributed by atoms with Crippen LogP contribution >= 0.6 is 34.8 Å². The Balaban J connectivity index is 1.90. The van der Waals surface area contributed by atoms with Crippen molar-refractivity contribution in [2.75, 3.05) is 6.61 Å². The Hall–Kier alpha value is -1.42. The van der Waals surface area contributed by atoms with Crippen LogP contribution in [0.4, 0.5) is 0 Å². The van der Waals surface area contributed by atoms with Crippen LogP contribution in [0.3, 0.4) is 0 Å². The zero-order valence-corrected chi connectivity index (χ0v) is 14.0. The molecule has 0 bridgehead atoms. The second-order valence-electron chi connectivity index (χ2n) is 4.74. The Kier molecular flexibility index (Phi) is 5.95. The number of rotatable bonds is 5. The van der Waals surface area contributed by atoms with E-state index < -0.39 is 0 Å². The molecule has 116 valence electrons. The number of halogens is 3. The summed E-state index contributed by atoms with van der Waals surface area (Å²) in [5.41, 5.74) is 0.923. The highest BCUT2D eigenvalue weighted by molar-refractivity contribution is 6.34. The van der Waals surface area contributed by atoms with E-state index in [2.05, 4.69) is 5.32 Å². The minimum Gasteiger partial charge on any atom is -0.484 e. The average molecular weight is 359 g/mol. The minimum atomic E-state index is -0.247. The number of amides is 1. The van der Waals surface area contributed by atoms with Crippen molar-refractivity contribution in [3.8, 4) is 5.75 Å². The molecule has 0 aliphatic rings. The summed E-state index contributed by atoms with van der Waals surface area (Å²) in [6.07, 6.45) is 0. The quantitative estimate of drug-likeness (QED) is 0.825. The second kappa shape index (κ2) is 7.73. The van der Waals surface area contributed by atoms with Gasteiger partial charge in [0.05, 0.1) is 6.04 Å². The van der Waals surface area contributed by atoms with Gasteiger partial charge in [-0.2, -0.15) is 0 Å². The molecule has 2 rings (SSSR count). The van der Waals surface area contributed by atoms with Crippen LogP contribution in [0.15, 0.2) is 42.5 Å². The van der Waals surface area contributed by atoms with E-state index in [0.717, 1.165) is 5.56 Å². The lowest BCUT2D eigenvalue weighted by Gasteiger charge is -2.15. The fraction of sp³-hybridized carbons (Fsp3) is 0.188. The number of carbonyl (C=O) groups is 1. The third-order valence-electron chi connectivity index (χ3n) is 2.93. The van der Waals surface area contributed by atoms with Crippen LogP contribution in [-0.4, -0.2) is 12.5 Å². The van der Waals surface area contributed by atoms with Gasteiger partial charge in [0, 0.05) is 15.1 Å². The molecule has 0 fully saturated rings. The van der Waals surface area contributed by atoms with Gasteiger partial charge in [-0.15, -0.1) is 0 Å². The van der Waals surface area contributed by atoms with Gasteiger partial charge in [0.25, 0.3) is 5.91 Å². The highest BCUT2D eigenvalue weighted by Crippen LogP contribution is 2.24. The first-order chi connectivity index (χ1) is 10.4. The molecule has 0 aliphatic carbocycles. The van der Waals surface area contributed by atoms with E-state index >= 15 is 0 Å². The van der Waals surface area contributed by atoms with Crippen molar-refractivity contribution in [1.29, 1.82) is 0 Å². The topological polar surface area (TPSA) is 38.3 Å². The SMILES string of the molecule is C[C@H](NC(=O)COc1cc(Cl)cc(Cl)c1)c1cccc(Cl)c1. The second-order valence-corrected chi connectivity index (χ2v) is 6.05. The van der Waals surface area contributed by atoms with Gasteiger partial charge in [-0.05, 0) is 42.8 Å². The Morgan fingerprint density at radius 3 is 2.41 bits per heavy atom. The lowest BCUT2D eigenvalue weighted by Crippen LogP contribution is -2.31. The van der Waals surface area contributed by atoms with Crippen molar-refractivity contribution >= 4 is 40.7 Å². The van der Waals surface area contributed by atoms with Crippen molar-refractivity contribution in [1.82, 2.24) is 5.32 Å². The molecule has 1 atom stereocenters. The third kappa shape index (κ3) is 5.09. The van der Waals surface area contributed by atoms with Gasteiger partial charge < -0.3 is 10.1 Å². The number of hydrogen-bond acceptors (Lipinski definition) is 2. The summed E-state index contributed by atoms with van der Waals surface area (Å²) in [6, 6.07) is 12.0. The van der Waals surface area contributed by atoms with Crippen molar-refractivity contribution in [2.45, 2.75) is 13.0 Å². The molecule has 0 aliphatic heterocycles. The molecule has 2 aromatic carbocycles. The Bertz CT molecular complexity index is 656. The van der Waals surface area contributed by atoms with E-state index in [9.17, 15) is 4.79 Å². The first-order valence-electron chi connectivity index (χ1n) is 6.58. The number of ether oxygens (including phenoxy) is 1. The molecule has 0 saturated heterocycles. The molecule has 3 nitrogen and oxygen atoms in total. The normalized spacial score (nSPS) is 11.8. The minimum absolute atomic E-state index is 0.123.